The van der Waals surface area contributed by atoms with Crippen LogP contribution < -0.4 is 5.73 Å². The highest BCUT2D eigenvalue weighted by atomic mass is 16.5. The molecule has 2 nitrogen and oxygen atoms in total. The van der Waals surface area contributed by atoms with Crippen molar-refractivity contribution in [2.45, 2.75) is 45.1 Å². The molecule has 1 aromatic carbocycles. The Bertz CT molecular complexity index is 371. The molecule has 0 bridgehead atoms. The second-order valence-electron chi connectivity index (χ2n) is 6.44. The van der Waals surface area contributed by atoms with Crippen LogP contribution in [0.15, 0.2) is 24.3 Å². The molecule has 1 heterocycles. The number of nitrogens with two attached hydrogens (primary N) is 1. The topological polar surface area (TPSA) is 35.2 Å². The molecule has 1 aliphatic heterocycles. The van der Waals surface area contributed by atoms with Crippen LogP contribution in [0.5, 0.6) is 0 Å². The van der Waals surface area contributed by atoms with Gasteiger partial charge in [0, 0.05) is 19.3 Å². The largest absolute Gasteiger partial charge is 0.381 e. The van der Waals surface area contributed by atoms with Crippen LogP contribution in [-0.4, -0.2) is 13.2 Å². The van der Waals surface area contributed by atoms with Gasteiger partial charge >= 0.3 is 0 Å². The van der Waals surface area contributed by atoms with Crippen molar-refractivity contribution in [2.24, 2.45) is 11.7 Å². The Hall–Kier alpha value is -0.860. The third kappa shape index (κ3) is 3.33. The molecule has 0 spiro atoms. The maximum atomic E-state index is 6.28. The van der Waals surface area contributed by atoms with Gasteiger partial charge < -0.3 is 10.5 Å². The van der Waals surface area contributed by atoms with Crippen molar-refractivity contribution in [1.29, 1.82) is 0 Å². The Balaban J connectivity index is 2.00. The van der Waals surface area contributed by atoms with Crippen LogP contribution in [0.3, 0.4) is 0 Å². The van der Waals surface area contributed by atoms with E-state index in [1.807, 2.05) is 0 Å². The van der Waals surface area contributed by atoms with Crippen LogP contribution in [0.2, 0.25) is 0 Å². The third-order valence-corrected chi connectivity index (χ3v) is 3.82. The smallest absolute Gasteiger partial charge is 0.0495 e. The third-order valence-electron chi connectivity index (χ3n) is 3.82. The van der Waals surface area contributed by atoms with Gasteiger partial charge in [-0.3, -0.25) is 0 Å². The van der Waals surface area contributed by atoms with Gasteiger partial charge in [-0.1, -0.05) is 45.0 Å². The van der Waals surface area contributed by atoms with Gasteiger partial charge in [-0.15, -0.1) is 0 Å². The van der Waals surface area contributed by atoms with Gasteiger partial charge in [0.1, 0.15) is 0 Å². The molecule has 1 saturated heterocycles. The van der Waals surface area contributed by atoms with Gasteiger partial charge in [-0.25, -0.2) is 0 Å². The summed E-state index contributed by atoms with van der Waals surface area (Å²) in [6.07, 6.45) is 2.20. The molecule has 2 heteroatoms. The summed E-state index contributed by atoms with van der Waals surface area (Å²) < 4.78 is 5.40. The molecule has 1 aliphatic rings. The van der Waals surface area contributed by atoms with E-state index in [1.54, 1.807) is 0 Å². The van der Waals surface area contributed by atoms with Crippen LogP contribution in [0.1, 0.15) is 50.8 Å². The quantitative estimate of drug-likeness (QED) is 0.888. The van der Waals surface area contributed by atoms with Crippen LogP contribution in [0.25, 0.3) is 0 Å². The molecule has 1 aromatic rings. The minimum atomic E-state index is 0.144. The first-order valence-corrected chi connectivity index (χ1v) is 6.90. The highest BCUT2D eigenvalue weighted by molar-refractivity contribution is 5.29. The maximum absolute atomic E-state index is 6.28. The van der Waals surface area contributed by atoms with Gasteiger partial charge in [0.05, 0.1) is 0 Å². The van der Waals surface area contributed by atoms with Gasteiger partial charge in [0.2, 0.25) is 0 Å². The van der Waals surface area contributed by atoms with E-state index in [-0.39, 0.29) is 11.5 Å². The van der Waals surface area contributed by atoms with E-state index in [4.69, 9.17) is 10.5 Å². The lowest BCUT2D eigenvalue weighted by Gasteiger charge is -2.21. The normalized spacial score (nSPS) is 22.1. The Morgan fingerprint density at radius 1 is 1.28 bits per heavy atom. The van der Waals surface area contributed by atoms with Crippen LogP contribution in [-0.2, 0) is 10.2 Å². The SMILES string of the molecule is CC(C)(C)c1ccc(C(N)CC2CCOC2)cc1. The lowest BCUT2D eigenvalue weighted by molar-refractivity contribution is 0.182. The lowest BCUT2D eigenvalue weighted by Crippen LogP contribution is -2.16. The minimum Gasteiger partial charge on any atom is -0.381 e. The molecule has 100 valence electrons. The number of hydrogen-bond donors (Lipinski definition) is 1. The summed E-state index contributed by atoms with van der Waals surface area (Å²) in [7, 11) is 0. The molecule has 0 aromatic heterocycles. The van der Waals surface area contributed by atoms with Gasteiger partial charge in [0.25, 0.3) is 0 Å². The molecule has 1 fully saturated rings. The first-order valence-electron chi connectivity index (χ1n) is 6.90. The monoisotopic (exact) mass is 247 g/mol. The zero-order valence-electron chi connectivity index (χ0n) is 11.8. The van der Waals surface area contributed by atoms with E-state index >= 15 is 0 Å². The Labute approximate surface area is 111 Å². The predicted octanol–water partition coefficient (Wildman–Crippen LogP) is 3.41. The van der Waals surface area contributed by atoms with Crippen LogP contribution >= 0.6 is 0 Å². The molecule has 0 radical (unpaired) electrons. The van der Waals surface area contributed by atoms with Gasteiger partial charge in [-0.05, 0) is 35.3 Å². The van der Waals surface area contributed by atoms with Gasteiger partial charge in [-0.2, -0.15) is 0 Å². The second-order valence-corrected chi connectivity index (χ2v) is 6.44. The fourth-order valence-corrected chi connectivity index (χ4v) is 2.49. The molecule has 2 atom stereocenters. The summed E-state index contributed by atoms with van der Waals surface area (Å²) in [4.78, 5) is 0. The highest BCUT2D eigenvalue weighted by Gasteiger charge is 2.20. The number of ether oxygens (including phenoxy) is 1. The number of hydrogen-bond acceptors (Lipinski definition) is 2. The van der Waals surface area contributed by atoms with Crippen molar-refractivity contribution in [3.63, 3.8) is 0 Å². The first-order chi connectivity index (χ1) is 8.47. The summed E-state index contributed by atoms with van der Waals surface area (Å²) in [6.45, 7) is 8.49. The molecule has 2 N–H and O–H groups in total. The van der Waals surface area contributed by atoms with Crippen molar-refractivity contribution >= 4 is 0 Å². The second kappa shape index (κ2) is 5.41. The Morgan fingerprint density at radius 3 is 2.44 bits per heavy atom. The molecule has 0 saturated carbocycles. The molecule has 18 heavy (non-hydrogen) atoms. The van der Waals surface area contributed by atoms with Crippen LogP contribution in [0.4, 0.5) is 0 Å². The fourth-order valence-electron chi connectivity index (χ4n) is 2.49. The van der Waals surface area contributed by atoms with E-state index in [9.17, 15) is 0 Å². The minimum absolute atomic E-state index is 0.144. The van der Waals surface area contributed by atoms with E-state index < -0.39 is 0 Å². The maximum Gasteiger partial charge on any atom is 0.0495 e. The van der Waals surface area contributed by atoms with Crippen molar-refractivity contribution < 1.29 is 4.74 Å². The molecular weight excluding hydrogens is 222 g/mol. The fraction of sp³-hybridized carbons (Fsp3) is 0.625. The number of rotatable bonds is 3. The summed E-state index contributed by atoms with van der Waals surface area (Å²) >= 11 is 0. The molecule has 2 unspecified atom stereocenters. The Morgan fingerprint density at radius 2 is 1.94 bits per heavy atom. The standard InChI is InChI=1S/C16H25NO/c1-16(2,3)14-6-4-13(5-7-14)15(17)10-12-8-9-18-11-12/h4-7,12,15H,8-11,17H2,1-3H3. The lowest BCUT2D eigenvalue weighted by atomic mass is 9.85. The first kappa shape index (κ1) is 13.6. The van der Waals surface area contributed by atoms with E-state index in [2.05, 4.69) is 45.0 Å². The Kier molecular flexibility index (Phi) is 4.08. The predicted molar refractivity (Wildman–Crippen MR) is 75.6 cm³/mol. The zero-order valence-corrected chi connectivity index (χ0v) is 11.8. The number of benzene rings is 1. The molecule has 0 aliphatic carbocycles. The van der Waals surface area contributed by atoms with Crippen LogP contribution in [0, 0.1) is 5.92 Å². The zero-order chi connectivity index (χ0) is 13.2. The van der Waals surface area contributed by atoms with Crippen molar-refractivity contribution in [3.8, 4) is 0 Å². The average molecular weight is 247 g/mol. The highest BCUT2D eigenvalue weighted by Crippen LogP contribution is 2.27. The molecule has 2 rings (SSSR count). The molecule has 0 amide bonds. The molecular formula is C16H25NO. The summed E-state index contributed by atoms with van der Waals surface area (Å²) in [5.74, 6) is 0.641. The van der Waals surface area contributed by atoms with Gasteiger partial charge in [0.15, 0.2) is 0 Å². The van der Waals surface area contributed by atoms with E-state index in [0.29, 0.717) is 5.92 Å². The van der Waals surface area contributed by atoms with Crippen molar-refractivity contribution in [1.82, 2.24) is 0 Å². The van der Waals surface area contributed by atoms with E-state index in [0.717, 1.165) is 26.1 Å². The average Bonchev–Trinajstić information content (AvgIpc) is 2.81. The summed E-state index contributed by atoms with van der Waals surface area (Å²) in [5, 5.41) is 0. The van der Waals surface area contributed by atoms with Crippen molar-refractivity contribution in [2.75, 3.05) is 13.2 Å². The van der Waals surface area contributed by atoms with E-state index in [1.165, 1.54) is 11.1 Å². The summed E-state index contributed by atoms with van der Waals surface area (Å²) in [5.41, 5.74) is 9.10. The summed E-state index contributed by atoms with van der Waals surface area (Å²) in [6, 6.07) is 8.92. The van der Waals surface area contributed by atoms with Crippen molar-refractivity contribution in [3.05, 3.63) is 35.4 Å².